The van der Waals surface area contributed by atoms with E-state index in [1.54, 1.807) is 0 Å². The number of carbonyl (C=O) groups is 1. The number of nitrogens with one attached hydrogen (secondary N) is 1. The van der Waals surface area contributed by atoms with E-state index in [1.165, 1.54) is 31.2 Å². The SMILES string of the molecule is Cl.O=C(C1COc2ccccc2C1)N1CCC2(CCNCC2)CC1. The first kappa shape index (κ1) is 17.6. The fourth-order valence-electron chi connectivity index (χ4n) is 4.40. The minimum atomic E-state index is -0.00743. The number of hydrogen-bond donors (Lipinski definition) is 1. The molecule has 0 aliphatic carbocycles. The lowest BCUT2D eigenvalue weighted by atomic mass is 9.71. The quantitative estimate of drug-likeness (QED) is 0.846. The smallest absolute Gasteiger partial charge is 0.229 e. The van der Waals surface area contributed by atoms with Crippen LogP contribution in [0.5, 0.6) is 5.75 Å². The fourth-order valence-corrected chi connectivity index (χ4v) is 4.40. The van der Waals surface area contributed by atoms with Gasteiger partial charge in [-0.25, -0.2) is 0 Å². The summed E-state index contributed by atoms with van der Waals surface area (Å²) in [7, 11) is 0. The summed E-state index contributed by atoms with van der Waals surface area (Å²) in [5.41, 5.74) is 1.67. The molecule has 1 spiro atoms. The van der Waals surface area contributed by atoms with Crippen molar-refractivity contribution < 1.29 is 9.53 Å². The number of para-hydroxylation sites is 1. The summed E-state index contributed by atoms with van der Waals surface area (Å²) in [6, 6.07) is 8.09. The summed E-state index contributed by atoms with van der Waals surface area (Å²) in [4.78, 5) is 15.0. The molecule has 3 heterocycles. The Bertz CT molecular complexity index is 576. The number of fused-ring (bicyclic) bond motifs is 1. The number of amides is 1. The molecule has 4 nitrogen and oxygen atoms in total. The van der Waals surface area contributed by atoms with E-state index in [1.807, 2.05) is 18.2 Å². The van der Waals surface area contributed by atoms with Crippen LogP contribution in [0.15, 0.2) is 24.3 Å². The summed E-state index contributed by atoms with van der Waals surface area (Å²) < 4.78 is 5.80. The van der Waals surface area contributed by atoms with Crippen molar-refractivity contribution >= 4 is 18.3 Å². The molecule has 1 atom stereocenters. The number of nitrogens with zero attached hydrogens (tertiary/aromatic N) is 1. The molecule has 0 aromatic heterocycles. The van der Waals surface area contributed by atoms with E-state index in [-0.39, 0.29) is 18.3 Å². The largest absolute Gasteiger partial charge is 0.492 e. The van der Waals surface area contributed by atoms with Gasteiger partial charge in [0, 0.05) is 13.1 Å². The summed E-state index contributed by atoms with van der Waals surface area (Å²) in [6.07, 6.45) is 5.71. The van der Waals surface area contributed by atoms with E-state index in [0.29, 0.717) is 17.9 Å². The van der Waals surface area contributed by atoms with Crippen molar-refractivity contribution in [3.63, 3.8) is 0 Å². The van der Waals surface area contributed by atoms with E-state index >= 15 is 0 Å². The maximum atomic E-state index is 12.9. The van der Waals surface area contributed by atoms with Gasteiger partial charge in [0.05, 0.1) is 5.92 Å². The maximum absolute atomic E-state index is 12.9. The van der Waals surface area contributed by atoms with Crippen LogP contribution in [0.3, 0.4) is 0 Å². The van der Waals surface area contributed by atoms with Gasteiger partial charge in [0.1, 0.15) is 12.4 Å². The molecule has 132 valence electrons. The maximum Gasteiger partial charge on any atom is 0.229 e. The molecular weight excluding hydrogens is 324 g/mol. The van der Waals surface area contributed by atoms with Crippen LogP contribution in [0, 0.1) is 11.3 Å². The molecule has 2 fully saturated rings. The lowest BCUT2D eigenvalue weighted by Crippen LogP contribution is -2.49. The second kappa shape index (κ2) is 7.32. The van der Waals surface area contributed by atoms with Gasteiger partial charge in [-0.3, -0.25) is 4.79 Å². The van der Waals surface area contributed by atoms with Crippen molar-refractivity contribution in [3.8, 4) is 5.75 Å². The van der Waals surface area contributed by atoms with Crippen LogP contribution in [0.25, 0.3) is 0 Å². The Morgan fingerprint density at radius 2 is 1.83 bits per heavy atom. The monoisotopic (exact) mass is 350 g/mol. The van der Waals surface area contributed by atoms with Crippen LogP contribution < -0.4 is 10.1 Å². The third-order valence-electron chi connectivity index (χ3n) is 6.03. The highest BCUT2D eigenvalue weighted by atomic mass is 35.5. The number of rotatable bonds is 1. The van der Waals surface area contributed by atoms with Crippen molar-refractivity contribution in [2.45, 2.75) is 32.1 Å². The Morgan fingerprint density at radius 1 is 1.12 bits per heavy atom. The van der Waals surface area contributed by atoms with E-state index in [9.17, 15) is 4.79 Å². The Balaban J connectivity index is 0.00000169. The van der Waals surface area contributed by atoms with Gasteiger partial charge < -0.3 is 15.0 Å². The van der Waals surface area contributed by atoms with Crippen molar-refractivity contribution in [2.75, 3.05) is 32.8 Å². The van der Waals surface area contributed by atoms with Gasteiger partial charge in [0.15, 0.2) is 0 Å². The van der Waals surface area contributed by atoms with Gasteiger partial charge in [-0.1, -0.05) is 18.2 Å². The normalized spacial score (nSPS) is 25.3. The third kappa shape index (κ3) is 3.40. The molecule has 1 N–H and O–H groups in total. The number of hydrogen-bond acceptors (Lipinski definition) is 3. The second-order valence-corrected chi connectivity index (χ2v) is 7.40. The van der Waals surface area contributed by atoms with Crippen LogP contribution in [0.2, 0.25) is 0 Å². The van der Waals surface area contributed by atoms with Gasteiger partial charge in [-0.2, -0.15) is 0 Å². The first-order valence-electron chi connectivity index (χ1n) is 8.96. The molecule has 1 aromatic carbocycles. The number of ether oxygens (including phenoxy) is 1. The Morgan fingerprint density at radius 3 is 2.58 bits per heavy atom. The molecule has 4 rings (SSSR count). The van der Waals surface area contributed by atoms with Crippen molar-refractivity contribution in [1.82, 2.24) is 10.2 Å². The lowest BCUT2D eigenvalue weighted by molar-refractivity contribution is -0.139. The molecule has 1 aromatic rings. The molecule has 0 saturated carbocycles. The highest BCUT2D eigenvalue weighted by Gasteiger charge is 2.38. The number of carbonyl (C=O) groups excluding carboxylic acids is 1. The topological polar surface area (TPSA) is 41.6 Å². The van der Waals surface area contributed by atoms with Gasteiger partial charge in [-0.05, 0) is 62.2 Å². The van der Waals surface area contributed by atoms with Crippen molar-refractivity contribution in [2.24, 2.45) is 11.3 Å². The third-order valence-corrected chi connectivity index (χ3v) is 6.03. The molecule has 0 radical (unpaired) electrons. The number of halogens is 1. The standard InChI is InChI=1S/C19H26N2O2.ClH/c22-18(16-13-15-3-1-2-4-17(15)23-14-16)21-11-7-19(8-12-21)5-9-20-10-6-19;/h1-4,16,20H,5-14H2;1H. The van der Waals surface area contributed by atoms with Gasteiger partial charge >= 0.3 is 0 Å². The highest BCUT2D eigenvalue weighted by molar-refractivity contribution is 5.85. The van der Waals surface area contributed by atoms with Crippen LogP contribution >= 0.6 is 12.4 Å². The molecule has 1 amide bonds. The number of likely N-dealkylation sites (tertiary alicyclic amines) is 1. The zero-order valence-corrected chi connectivity index (χ0v) is 14.9. The van der Waals surface area contributed by atoms with Gasteiger partial charge in [0.25, 0.3) is 0 Å². The predicted molar refractivity (Wildman–Crippen MR) is 96.7 cm³/mol. The summed E-state index contributed by atoms with van der Waals surface area (Å²) in [6.45, 7) is 4.66. The molecule has 0 bridgehead atoms. The van der Waals surface area contributed by atoms with E-state index in [2.05, 4.69) is 16.3 Å². The van der Waals surface area contributed by atoms with Crippen LogP contribution in [0.4, 0.5) is 0 Å². The fraction of sp³-hybridized carbons (Fsp3) is 0.632. The molecular formula is C19H27ClN2O2. The molecule has 3 aliphatic heterocycles. The predicted octanol–water partition coefficient (Wildman–Crippen LogP) is 2.65. The molecule has 2 saturated heterocycles. The second-order valence-electron chi connectivity index (χ2n) is 7.40. The molecule has 5 heteroatoms. The molecule has 1 unspecified atom stereocenters. The van der Waals surface area contributed by atoms with E-state index < -0.39 is 0 Å². The summed E-state index contributed by atoms with van der Waals surface area (Å²) >= 11 is 0. The van der Waals surface area contributed by atoms with Crippen LogP contribution in [-0.2, 0) is 11.2 Å². The van der Waals surface area contributed by atoms with Crippen LogP contribution in [-0.4, -0.2) is 43.6 Å². The molecule has 3 aliphatic rings. The van der Waals surface area contributed by atoms with Crippen molar-refractivity contribution in [1.29, 1.82) is 0 Å². The van der Waals surface area contributed by atoms with E-state index in [4.69, 9.17) is 4.74 Å². The van der Waals surface area contributed by atoms with Crippen LogP contribution in [0.1, 0.15) is 31.2 Å². The molecule has 24 heavy (non-hydrogen) atoms. The average molecular weight is 351 g/mol. The number of piperidine rings is 2. The van der Waals surface area contributed by atoms with Gasteiger partial charge in [0.2, 0.25) is 5.91 Å². The first-order chi connectivity index (χ1) is 11.3. The minimum Gasteiger partial charge on any atom is -0.492 e. The average Bonchev–Trinajstić information content (AvgIpc) is 2.62. The summed E-state index contributed by atoms with van der Waals surface area (Å²) in [5, 5.41) is 3.45. The number of benzene rings is 1. The Kier molecular flexibility index (Phi) is 5.36. The van der Waals surface area contributed by atoms with Crippen molar-refractivity contribution in [3.05, 3.63) is 29.8 Å². The zero-order chi connectivity index (χ0) is 15.7. The minimum absolute atomic E-state index is 0. The van der Waals surface area contributed by atoms with E-state index in [0.717, 1.165) is 38.3 Å². The zero-order valence-electron chi connectivity index (χ0n) is 14.1. The Hall–Kier alpha value is -1.26. The Labute approximate surface area is 150 Å². The lowest BCUT2D eigenvalue weighted by Gasteiger charge is -2.45. The first-order valence-corrected chi connectivity index (χ1v) is 8.96. The summed E-state index contributed by atoms with van der Waals surface area (Å²) in [5.74, 6) is 1.24. The van der Waals surface area contributed by atoms with Gasteiger partial charge in [-0.15, -0.1) is 12.4 Å². The highest BCUT2D eigenvalue weighted by Crippen LogP contribution is 2.40.